The number of carbonyl (C=O) groups excluding carboxylic acids is 2. The van der Waals surface area contributed by atoms with Crippen molar-refractivity contribution in [2.45, 2.75) is 56.7 Å². The van der Waals surface area contributed by atoms with Gasteiger partial charge in [0.25, 0.3) is 10.1 Å². The van der Waals surface area contributed by atoms with Gasteiger partial charge in [-0.25, -0.2) is 9.59 Å². The first kappa shape index (κ1) is 16.4. The molecule has 0 spiro atoms. The van der Waals surface area contributed by atoms with Gasteiger partial charge in [-0.1, -0.05) is 6.58 Å². The van der Waals surface area contributed by atoms with Crippen molar-refractivity contribution in [2.75, 3.05) is 0 Å². The van der Waals surface area contributed by atoms with E-state index >= 15 is 0 Å². The second-order valence-electron chi connectivity index (χ2n) is 7.04. The van der Waals surface area contributed by atoms with Crippen LogP contribution in [-0.2, 0) is 33.4 Å². The lowest BCUT2D eigenvalue weighted by Crippen LogP contribution is -2.45. The number of fused-ring (bicyclic) bond motifs is 1. The maximum Gasteiger partial charge on any atom is 0.350 e. The molecule has 23 heavy (non-hydrogen) atoms. The van der Waals surface area contributed by atoms with E-state index in [0.717, 1.165) is 0 Å². The van der Waals surface area contributed by atoms with E-state index in [4.69, 9.17) is 13.7 Å². The molecule has 0 amide bonds. The quantitative estimate of drug-likeness (QED) is 0.425. The zero-order valence-corrected chi connectivity index (χ0v) is 14.1. The summed E-state index contributed by atoms with van der Waals surface area (Å²) in [6, 6.07) is 0. The highest BCUT2D eigenvalue weighted by molar-refractivity contribution is 7.87. The van der Waals surface area contributed by atoms with E-state index in [9.17, 15) is 18.0 Å². The van der Waals surface area contributed by atoms with Crippen molar-refractivity contribution in [3.8, 4) is 0 Å². The van der Waals surface area contributed by atoms with Crippen LogP contribution in [0.1, 0.15) is 33.6 Å². The van der Waals surface area contributed by atoms with E-state index in [1.807, 2.05) is 0 Å². The Hall–Kier alpha value is -1.41. The summed E-state index contributed by atoms with van der Waals surface area (Å²) in [7, 11) is -3.55. The predicted octanol–water partition coefficient (Wildman–Crippen LogP) is 0.933. The summed E-state index contributed by atoms with van der Waals surface area (Å²) in [5.41, 5.74) is -1.30. The molecule has 2 aliphatic carbocycles. The summed E-state index contributed by atoms with van der Waals surface area (Å²) in [5.74, 6) is -1.53. The Morgan fingerprint density at radius 1 is 1.26 bits per heavy atom. The molecule has 3 rings (SSSR count). The first-order valence-corrected chi connectivity index (χ1v) is 9.02. The number of hydrogen-bond acceptors (Lipinski definition) is 7. The molecular weight excluding hydrogens is 324 g/mol. The van der Waals surface area contributed by atoms with Gasteiger partial charge in [0.1, 0.15) is 12.2 Å². The highest BCUT2D eigenvalue weighted by Crippen LogP contribution is 2.55. The SMILES string of the molecule is C=C(C)C(=O)OC(C)(C)C(=O)OC1C2CC3C1OS(=O)(=O)C3C2. The molecule has 1 saturated heterocycles. The summed E-state index contributed by atoms with van der Waals surface area (Å²) in [6.07, 6.45) is -0.0875. The van der Waals surface area contributed by atoms with Crippen molar-refractivity contribution in [3.63, 3.8) is 0 Å². The number of ether oxygens (including phenoxy) is 2. The molecule has 3 fully saturated rings. The number of hydrogen-bond donors (Lipinski definition) is 0. The Balaban J connectivity index is 1.70. The highest BCUT2D eigenvalue weighted by Gasteiger charge is 2.65. The maximum atomic E-state index is 12.4. The molecule has 1 aliphatic heterocycles. The van der Waals surface area contributed by atoms with Crippen molar-refractivity contribution in [1.29, 1.82) is 0 Å². The fourth-order valence-electron chi connectivity index (χ4n) is 3.67. The van der Waals surface area contributed by atoms with Gasteiger partial charge in [0, 0.05) is 17.4 Å². The molecule has 5 atom stereocenters. The van der Waals surface area contributed by atoms with E-state index < -0.39 is 45.1 Å². The second-order valence-corrected chi connectivity index (χ2v) is 8.82. The standard InChI is InChI=1S/C15H20O7S/c1-7(2)13(16)21-15(3,4)14(17)20-11-8-5-9-10(6-8)23(18,19)22-12(9)11/h8-12H,1,5-6H2,2-4H3. The summed E-state index contributed by atoms with van der Waals surface area (Å²) >= 11 is 0. The normalized spacial score (nSPS) is 36.7. The van der Waals surface area contributed by atoms with Crippen molar-refractivity contribution in [3.05, 3.63) is 12.2 Å². The van der Waals surface area contributed by atoms with Gasteiger partial charge < -0.3 is 9.47 Å². The van der Waals surface area contributed by atoms with Crippen molar-refractivity contribution in [2.24, 2.45) is 11.8 Å². The van der Waals surface area contributed by atoms with Crippen LogP contribution in [-0.4, -0.2) is 43.4 Å². The minimum atomic E-state index is -3.55. The third kappa shape index (κ3) is 2.57. The fraction of sp³-hybridized carbons (Fsp3) is 0.733. The lowest BCUT2D eigenvalue weighted by atomic mass is 9.94. The second kappa shape index (κ2) is 5.04. The van der Waals surface area contributed by atoms with Gasteiger partial charge in [-0.2, -0.15) is 8.42 Å². The third-order valence-corrected chi connectivity index (χ3v) is 6.62. The van der Waals surface area contributed by atoms with Crippen molar-refractivity contribution in [1.82, 2.24) is 0 Å². The summed E-state index contributed by atoms with van der Waals surface area (Å²) in [6.45, 7) is 7.81. The highest BCUT2D eigenvalue weighted by atomic mass is 32.2. The lowest BCUT2D eigenvalue weighted by Gasteiger charge is -2.29. The Labute approximate surface area is 135 Å². The monoisotopic (exact) mass is 344 g/mol. The number of rotatable bonds is 4. The first-order chi connectivity index (χ1) is 10.5. The van der Waals surface area contributed by atoms with Crippen LogP contribution in [0.25, 0.3) is 0 Å². The van der Waals surface area contributed by atoms with E-state index in [0.29, 0.717) is 12.8 Å². The molecule has 128 valence electrons. The average Bonchev–Trinajstić information content (AvgIpc) is 3.02. The van der Waals surface area contributed by atoms with Crippen LogP contribution >= 0.6 is 0 Å². The van der Waals surface area contributed by atoms with Gasteiger partial charge in [0.05, 0.1) is 5.25 Å². The molecule has 7 nitrogen and oxygen atoms in total. The molecule has 0 aromatic carbocycles. The molecule has 2 saturated carbocycles. The van der Waals surface area contributed by atoms with Gasteiger partial charge in [0.2, 0.25) is 5.60 Å². The molecule has 0 N–H and O–H groups in total. The van der Waals surface area contributed by atoms with Crippen LogP contribution in [0.5, 0.6) is 0 Å². The van der Waals surface area contributed by atoms with Gasteiger partial charge in [-0.3, -0.25) is 4.18 Å². The molecular formula is C15H20O7S. The maximum absolute atomic E-state index is 12.4. The number of esters is 2. The van der Waals surface area contributed by atoms with E-state index in [1.54, 1.807) is 0 Å². The van der Waals surface area contributed by atoms with Crippen LogP contribution in [0.2, 0.25) is 0 Å². The Morgan fingerprint density at radius 2 is 1.91 bits per heavy atom. The Kier molecular flexibility index (Phi) is 3.61. The van der Waals surface area contributed by atoms with Gasteiger partial charge in [-0.05, 0) is 33.6 Å². The van der Waals surface area contributed by atoms with Gasteiger partial charge in [-0.15, -0.1) is 0 Å². The van der Waals surface area contributed by atoms with E-state index in [2.05, 4.69) is 6.58 Å². The first-order valence-electron chi connectivity index (χ1n) is 7.55. The molecule has 0 radical (unpaired) electrons. The largest absolute Gasteiger partial charge is 0.456 e. The molecule has 8 heteroatoms. The summed E-state index contributed by atoms with van der Waals surface area (Å²) in [4.78, 5) is 24.0. The van der Waals surface area contributed by atoms with Crippen LogP contribution in [0.15, 0.2) is 12.2 Å². The molecule has 1 heterocycles. The predicted molar refractivity (Wildman–Crippen MR) is 78.7 cm³/mol. The topological polar surface area (TPSA) is 96.0 Å². The van der Waals surface area contributed by atoms with Crippen LogP contribution in [0.3, 0.4) is 0 Å². The fourth-order valence-corrected chi connectivity index (χ4v) is 5.55. The molecule has 0 aromatic rings. The van der Waals surface area contributed by atoms with Crippen LogP contribution in [0.4, 0.5) is 0 Å². The van der Waals surface area contributed by atoms with Gasteiger partial charge >= 0.3 is 11.9 Å². The Bertz CT molecular complexity index is 678. The number of carbonyl (C=O) groups is 2. The van der Waals surface area contributed by atoms with Crippen LogP contribution in [0, 0.1) is 11.8 Å². The zero-order valence-electron chi connectivity index (χ0n) is 13.3. The van der Waals surface area contributed by atoms with Gasteiger partial charge in [0.15, 0.2) is 0 Å². The molecule has 2 bridgehead atoms. The zero-order chi connectivity index (χ0) is 17.2. The molecule has 0 aromatic heterocycles. The lowest BCUT2D eigenvalue weighted by molar-refractivity contribution is -0.184. The van der Waals surface area contributed by atoms with Crippen molar-refractivity contribution >= 4 is 22.1 Å². The average molecular weight is 344 g/mol. The molecule has 5 unspecified atom stereocenters. The molecule has 3 aliphatic rings. The minimum absolute atomic E-state index is 0.0242. The smallest absolute Gasteiger partial charge is 0.350 e. The summed E-state index contributed by atoms with van der Waals surface area (Å²) < 4.78 is 39.5. The third-order valence-electron chi connectivity index (χ3n) is 4.84. The van der Waals surface area contributed by atoms with Crippen molar-refractivity contribution < 1.29 is 31.7 Å². The van der Waals surface area contributed by atoms with E-state index in [1.165, 1.54) is 20.8 Å². The summed E-state index contributed by atoms with van der Waals surface area (Å²) in [5, 5.41) is -0.471. The van der Waals surface area contributed by atoms with E-state index in [-0.39, 0.29) is 17.4 Å². The Morgan fingerprint density at radius 3 is 2.52 bits per heavy atom. The minimum Gasteiger partial charge on any atom is -0.456 e. The van der Waals surface area contributed by atoms with Crippen LogP contribution < -0.4 is 0 Å².